The van der Waals surface area contributed by atoms with Crippen LogP contribution >= 0.6 is 0 Å². The van der Waals surface area contributed by atoms with E-state index in [1.807, 2.05) is 30.6 Å². The van der Waals surface area contributed by atoms with Crippen LogP contribution in [0.2, 0.25) is 0 Å². The number of hydrogen-bond acceptors (Lipinski definition) is 2. The van der Waals surface area contributed by atoms with Crippen LogP contribution in [0.4, 0.5) is 0 Å². The van der Waals surface area contributed by atoms with Gasteiger partial charge < -0.3 is 14.0 Å². The van der Waals surface area contributed by atoms with Gasteiger partial charge in [0.25, 0.3) is 0 Å². The zero-order valence-electron chi connectivity index (χ0n) is 18.7. The Bertz CT molecular complexity index is 986. The number of amides is 1. The van der Waals surface area contributed by atoms with Crippen LogP contribution in [-0.4, -0.2) is 31.5 Å². The van der Waals surface area contributed by atoms with Crippen molar-refractivity contribution in [2.24, 2.45) is 11.8 Å². The molecule has 2 atom stereocenters. The number of para-hydroxylation sites is 2. The standard InChI is InChI=1S/C25H34N4O/c1-18(2)16-23(27-13-7-8-14-27)25(30)28-15-9-12-22(28)24-26-20-10-5-6-11-21(20)29(24)17-19(3)4/h5-8,10-11,13-14,18-19,22-23H,9,12,15-17H2,1-4H3/t22-,23-/m1/s1. The summed E-state index contributed by atoms with van der Waals surface area (Å²) in [5.41, 5.74) is 2.20. The van der Waals surface area contributed by atoms with Crippen LogP contribution in [0.15, 0.2) is 48.8 Å². The SMILES string of the molecule is CC(C)C[C@H](C(=O)N1CCC[C@@H]1c1nc2ccccc2n1CC(C)C)n1cccc1. The van der Waals surface area contributed by atoms with E-state index < -0.39 is 0 Å². The van der Waals surface area contributed by atoms with Crippen LogP contribution < -0.4 is 0 Å². The van der Waals surface area contributed by atoms with Crippen molar-refractivity contribution < 1.29 is 4.79 Å². The molecular formula is C25H34N4O. The van der Waals surface area contributed by atoms with Gasteiger partial charge in [0.15, 0.2) is 0 Å². The van der Waals surface area contributed by atoms with Crippen molar-refractivity contribution in [3.63, 3.8) is 0 Å². The molecule has 30 heavy (non-hydrogen) atoms. The molecule has 5 heteroatoms. The van der Waals surface area contributed by atoms with Gasteiger partial charge in [0.2, 0.25) is 5.91 Å². The van der Waals surface area contributed by atoms with Gasteiger partial charge in [-0.1, -0.05) is 39.8 Å². The Hall–Kier alpha value is -2.56. The summed E-state index contributed by atoms with van der Waals surface area (Å²) >= 11 is 0. The Balaban J connectivity index is 1.70. The van der Waals surface area contributed by atoms with Gasteiger partial charge in [0.05, 0.1) is 17.1 Å². The molecule has 0 spiro atoms. The third kappa shape index (κ3) is 4.03. The quantitative estimate of drug-likeness (QED) is 0.524. The highest BCUT2D eigenvalue weighted by molar-refractivity contribution is 5.82. The average Bonchev–Trinajstić information content (AvgIpc) is 3.45. The molecule has 0 N–H and O–H groups in total. The van der Waals surface area contributed by atoms with E-state index in [9.17, 15) is 4.79 Å². The Morgan fingerprint density at radius 2 is 1.80 bits per heavy atom. The van der Waals surface area contributed by atoms with E-state index in [2.05, 4.69) is 59.9 Å². The summed E-state index contributed by atoms with van der Waals surface area (Å²) in [5, 5.41) is 0. The zero-order chi connectivity index (χ0) is 21.3. The Morgan fingerprint density at radius 3 is 2.50 bits per heavy atom. The fourth-order valence-corrected chi connectivity index (χ4v) is 4.75. The molecule has 1 fully saturated rings. The van der Waals surface area contributed by atoms with E-state index in [0.29, 0.717) is 11.8 Å². The molecule has 3 aromatic rings. The highest BCUT2D eigenvalue weighted by atomic mass is 16.2. The van der Waals surface area contributed by atoms with Crippen molar-refractivity contribution in [1.29, 1.82) is 0 Å². The first-order valence-electron chi connectivity index (χ1n) is 11.3. The molecule has 0 aliphatic carbocycles. The Labute approximate surface area is 179 Å². The molecule has 1 saturated heterocycles. The number of aromatic nitrogens is 3. The lowest BCUT2D eigenvalue weighted by Gasteiger charge is -2.30. The van der Waals surface area contributed by atoms with E-state index in [4.69, 9.17) is 4.98 Å². The van der Waals surface area contributed by atoms with E-state index in [1.165, 1.54) is 5.52 Å². The second kappa shape index (κ2) is 8.66. The number of carbonyl (C=O) groups excluding carboxylic acids is 1. The predicted octanol–water partition coefficient (Wildman–Crippen LogP) is 5.44. The molecule has 0 unspecified atom stereocenters. The number of fused-ring (bicyclic) bond motifs is 1. The van der Waals surface area contributed by atoms with Gasteiger partial charge in [-0.05, 0) is 55.4 Å². The summed E-state index contributed by atoms with van der Waals surface area (Å²) in [4.78, 5) is 20.9. The molecule has 3 heterocycles. The van der Waals surface area contributed by atoms with Gasteiger partial charge in [0.1, 0.15) is 11.9 Å². The molecule has 4 rings (SSSR count). The first-order chi connectivity index (χ1) is 14.5. The van der Waals surface area contributed by atoms with Crippen molar-refractivity contribution in [3.8, 4) is 0 Å². The second-order valence-electron chi connectivity index (χ2n) is 9.43. The van der Waals surface area contributed by atoms with Crippen molar-refractivity contribution in [2.75, 3.05) is 6.54 Å². The van der Waals surface area contributed by atoms with Crippen LogP contribution in [0.1, 0.15) is 64.9 Å². The van der Waals surface area contributed by atoms with Gasteiger partial charge in [-0.2, -0.15) is 0 Å². The molecule has 1 amide bonds. The molecular weight excluding hydrogens is 372 g/mol. The number of rotatable bonds is 7. The lowest BCUT2D eigenvalue weighted by molar-refractivity contribution is -0.136. The summed E-state index contributed by atoms with van der Waals surface area (Å²) in [5.74, 6) is 2.24. The lowest BCUT2D eigenvalue weighted by atomic mass is 10.0. The Kier molecular flexibility index (Phi) is 5.98. The van der Waals surface area contributed by atoms with E-state index in [0.717, 1.165) is 43.7 Å². The maximum Gasteiger partial charge on any atom is 0.246 e. The number of carbonyl (C=O) groups is 1. The van der Waals surface area contributed by atoms with Crippen LogP contribution in [0.25, 0.3) is 11.0 Å². The third-order valence-corrected chi connectivity index (χ3v) is 6.03. The van der Waals surface area contributed by atoms with Crippen LogP contribution in [0, 0.1) is 11.8 Å². The summed E-state index contributed by atoms with van der Waals surface area (Å²) in [6.45, 7) is 10.6. The minimum absolute atomic E-state index is 0.0499. The van der Waals surface area contributed by atoms with Gasteiger partial charge in [-0.3, -0.25) is 4.79 Å². The number of nitrogens with zero attached hydrogens (tertiary/aromatic N) is 4. The normalized spacial score (nSPS) is 18.1. The highest BCUT2D eigenvalue weighted by Crippen LogP contribution is 2.36. The van der Waals surface area contributed by atoms with E-state index in [-0.39, 0.29) is 18.0 Å². The summed E-state index contributed by atoms with van der Waals surface area (Å²) in [6, 6.07) is 12.3. The van der Waals surface area contributed by atoms with Crippen molar-refractivity contribution in [3.05, 3.63) is 54.6 Å². The third-order valence-electron chi connectivity index (χ3n) is 6.03. The first-order valence-corrected chi connectivity index (χ1v) is 11.3. The molecule has 1 aliphatic rings. The fourth-order valence-electron chi connectivity index (χ4n) is 4.75. The molecule has 160 valence electrons. The van der Waals surface area contributed by atoms with Crippen molar-refractivity contribution in [1.82, 2.24) is 19.0 Å². The molecule has 5 nitrogen and oxygen atoms in total. The molecule has 1 aromatic carbocycles. The molecule has 0 bridgehead atoms. The van der Waals surface area contributed by atoms with Crippen LogP contribution in [0.3, 0.4) is 0 Å². The van der Waals surface area contributed by atoms with E-state index >= 15 is 0 Å². The minimum Gasteiger partial charge on any atom is -0.342 e. The highest BCUT2D eigenvalue weighted by Gasteiger charge is 2.37. The second-order valence-corrected chi connectivity index (χ2v) is 9.43. The number of imidazole rings is 1. The fraction of sp³-hybridized carbons (Fsp3) is 0.520. The van der Waals surface area contributed by atoms with Crippen molar-refractivity contribution in [2.45, 2.75) is 65.6 Å². The van der Waals surface area contributed by atoms with Gasteiger partial charge in [-0.25, -0.2) is 4.98 Å². The average molecular weight is 407 g/mol. The minimum atomic E-state index is -0.150. The van der Waals surface area contributed by atoms with Crippen molar-refractivity contribution >= 4 is 16.9 Å². The topological polar surface area (TPSA) is 43.1 Å². The van der Waals surface area contributed by atoms with Crippen LogP contribution in [-0.2, 0) is 11.3 Å². The van der Waals surface area contributed by atoms with Gasteiger partial charge in [-0.15, -0.1) is 0 Å². The monoisotopic (exact) mass is 406 g/mol. The smallest absolute Gasteiger partial charge is 0.246 e. The molecule has 0 radical (unpaired) electrons. The number of likely N-dealkylation sites (tertiary alicyclic amines) is 1. The van der Waals surface area contributed by atoms with E-state index in [1.54, 1.807) is 0 Å². The Morgan fingerprint density at radius 1 is 1.07 bits per heavy atom. The summed E-state index contributed by atoms with van der Waals surface area (Å²) < 4.78 is 4.43. The molecule has 1 aliphatic heterocycles. The maximum absolute atomic E-state index is 13.8. The number of benzene rings is 1. The molecule has 2 aromatic heterocycles. The first kappa shape index (κ1) is 20.7. The largest absolute Gasteiger partial charge is 0.342 e. The van der Waals surface area contributed by atoms with Gasteiger partial charge in [0, 0.05) is 25.5 Å². The predicted molar refractivity (Wildman–Crippen MR) is 121 cm³/mol. The number of hydrogen-bond donors (Lipinski definition) is 0. The summed E-state index contributed by atoms with van der Waals surface area (Å²) in [7, 11) is 0. The molecule has 0 saturated carbocycles. The van der Waals surface area contributed by atoms with Gasteiger partial charge >= 0.3 is 0 Å². The van der Waals surface area contributed by atoms with Crippen LogP contribution in [0.5, 0.6) is 0 Å². The lowest BCUT2D eigenvalue weighted by Crippen LogP contribution is -2.38. The zero-order valence-corrected chi connectivity index (χ0v) is 18.7. The summed E-state index contributed by atoms with van der Waals surface area (Å²) in [6.07, 6.45) is 6.89. The maximum atomic E-state index is 13.8.